The van der Waals surface area contributed by atoms with Crippen LogP contribution in [0.4, 0.5) is 0 Å². The predicted molar refractivity (Wildman–Crippen MR) is 69.0 cm³/mol. The van der Waals surface area contributed by atoms with E-state index >= 15 is 0 Å². The van der Waals surface area contributed by atoms with Crippen LogP contribution in [0.25, 0.3) is 10.8 Å². The van der Waals surface area contributed by atoms with Gasteiger partial charge in [-0.3, -0.25) is 9.59 Å². The van der Waals surface area contributed by atoms with E-state index in [1.165, 1.54) is 13.1 Å². The fraction of sp³-hybridized carbons (Fsp3) is 0.0714. The predicted octanol–water partition coefficient (Wildman–Crippen LogP) is 1.87. The molecular formula is C14H10N2O3. The van der Waals surface area contributed by atoms with Gasteiger partial charge < -0.3 is 10.1 Å². The van der Waals surface area contributed by atoms with E-state index in [0.29, 0.717) is 28.2 Å². The molecule has 0 spiro atoms. The number of hydrogen-bond donors (Lipinski definition) is 1. The number of fused-ring (bicyclic) bond motifs is 1. The molecule has 0 aliphatic carbocycles. The Morgan fingerprint density at radius 1 is 1.42 bits per heavy atom. The SMILES string of the molecule is CNC(=O)c1cccc2cc(OC#N)cc(C=O)c12. The molecule has 0 aliphatic rings. The Kier molecular flexibility index (Phi) is 3.44. The smallest absolute Gasteiger partial charge is 0.292 e. The first-order valence-electron chi connectivity index (χ1n) is 5.51. The van der Waals surface area contributed by atoms with Gasteiger partial charge in [-0.1, -0.05) is 12.1 Å². The fourth-order valence-electron chi connectivity index (χ4n) is 1.96. The van der Waals surface area contributed by atoms with Crippen molar-refractivity contribution in [1.82, 2.24) is 5.32 Å². The number of nitrogens with one attached hydrogen (secondary N) is 1. The summed E-state index contributed by atoms with van der Waals surface area (Å²) in [6, 6.07) is 8.14. The zero-order valence-corrected chi connectivity index (χ0v) is 10.1. The molecule has 19 heavy (non-hydrogen) atoms. The lowest BCUT2D eigenvalue weighted by Crippen LogP contribution is -2.18. The summed E-state index contributed by atoms with van der Waals surface area (Å²) in [6.45, 7) is 0. The topological polar surface area (TPSA) is 79.2 Å². The minimum absolute atomic E-state index is 0.270. The van der Waals surface area contributed by atoms with Crippen LogP contribution in [0.5, 0.6) is 5.75 Å². The van der Waals surface area contributed by atoms with Crippen molar-refractivity contribution in [2.24, 2.45) is 0 Å². The molecule has 5 nitrogen and oxygen atoms in total. The molecule has 1 amide bonds. The molecule has 0 atom stereocenters. The van der Waals surface area contributed by atoms with Gasteiger partial charge in [0.25, 0.3) is 12.2 Å². The third kappa shape index (κ3) is 2.24. The first-order valence-corrected chi connectivity index (χ1v) is 5.51. The number of nitrogens with zero attached hydrogens (tertiary/aromatic N) is 1. The molecule has 0 aliphatic heterocycles. The van der Waals surface area contributed by atoms with Crippen LogP contribution < -0.4 is 10.1 Å². The summed E-state index contributed by atoms with van der Waals surface area (Å²) in [5.41, 5.74) is 0.715. The van der Waals surface area contributed by atoms with E-state index in [1.807, 2.05) is 0 Å². The highest BCUT2D eigenvalue weighted by atomic mass is 16.5. The molecule has 2 aromatic carbocycles. The second-order valence-corrected chi connectivity index (χ2v) is 3.81. The van der Waals surface area contributed by atoms with Crippen molar-refractivity contribution in [3.8, 4) is 12.0 Å². The average molecular weight is 254 g/mol. The average Bonchev–Trinajstić information content (AvgIpc) is 2.45. The minimum atomic E-state index is -0.275. The summed E-state index contributed by atoms with van der Waals surface area (Å²) in [5, 5.41) is 12.2. The van der Waals surface area contributed by atoms with Gasteiger partial charge in [-0.05, 0) is 23.6 Å². The Hall–Kier alpha value is -2.87. The first-order chi connectivity index (χ1) is 9.21. The monoisotopic (exact) mass is 254 g/mol. The van der Waals surface area contributed by atoms with E-state index in [0.717, 1.165) is 0 Å². The summed E-state index contributed by atoms with van der Waals surface area (Å²) in [6.07, 6.45) is 2.19. The molecule has 0 saturated carbocycles. The van der Waals surface area contributed by atoms with E-state index in [-0.39, 0.29) is 11.7 Å². The van der Waals surface area contributed by atoms with Crippen molar-refractivity contribution < 1.29 is 14.3 Å². The van der Waals surface area contributed by atoms with Gasteiger partial charge in [0.1, 0.15) is 5.75 Å². The number of benzene rings is 2. The Balaban J connectivity index is 2.79. The number of aldehydes is 1. The van der Waals surface area contributed by atoms with Gasteiger partial charge in [0, 0.05) is 23.6 Å². The van der Waals surface area contributed by atoms with Gasteiger partial charge in [0.05, 0.1) is 0 Å². The molecule has 94 valence electrons. The van der Waals surface area contributed by atoms with Gasteiger partial charge in [0.2, 0.25) is 0 Å². The lowest BCUT2D eigenvalue weighted by molar-refractivity contribution is 0.0964. The van der Waals surface area contributed by atoms with Crippen molar-refractivity contribution in [2.45, 2.75) is 0 Å². The van der Waals surface area contributed by atoms with Crippen molar-refractivity contribution in [3.63, 3.8) is 0 Å². The van der Waals surface area contributed by atoms with Gasteiger partial charge in [-0.2, -0.15) is 0 Å². The molecule has 0 fully saturated rings. The molecule has 0 saturated heterocycles. The van der Waals surface area contributed by atoms with E-state index in [4.69, 9.17) is 10.00 Å². The summed E-state index contributed by atoms with van der Waals surface area (Å²) >= 11 is 0. The number of hydrogen-bond acceptors (Lipinski definition) is 4. The number of nitriles is 1. The summed E-state index contributed by atoms with van der Waals surface area (Å²) in [4.78, 5) is 23.0. The van der Waals surface area contributed by atoms with Crippen LogP contribution in [0.15, 0.2) is 30.3 Å². The molecule has 2 aromatic rings. The van der Waals surface area contributed by atoms with Crippen molar-refractivity contribution in [2.75, 3.05) is 7.05 Å². The van der Waals surface area contributed by atoms with Crippen LogP contribution in [0.1, 0.15) is 20.7 Å². The van der Waals surface area contributed by atoms with Crippen LogP contribution in [0.3, 0.4) is 0 Å². The Morgan fingerprint density at radius 3 is 2.84 bits per heavy atom. The van der Waals surface area contributed by atoms with Crippen molar-refractivity contribution >= 4 is 23.0 Å². The summed E-state index contributed by atoms with van der Waals surface area (Å²) in [5.74, 6) is -0.00573. The van der Waals surface area contributed by atoms with Crippen LogP contribution >= 0.6 is 0 Å². The highest BCUT2D eigenvalue weighted by molar-refractivity contribution is 6.12. The Bertz CT molecular complexity index is 702. The highest BCUT2D eigenvalue weighted by Crippen LogP contribution is 2.27. The first kappa shape index (κ1) is 12.6. The standard InChI is InChI=1S/C14H10N2O3/c1-16-14(18)12-4-2-3-9-5-11(19-8-15)6-10(7-17)13(9)12/h2-7H,1H3,(H,16,18). The van der Waals surface area contributed by atoms with Gasteiger partial charge >= 0.3 is 0 Å². The van der Waals surface area contributed by atoms with Crippen LogP contribution in [0.2, 0.25) is 0 Å². The lowest BCUT2D eigenvalue weighted by Gasteiger charge is -2.08. The van der Waals surface area contributed by atoms with Gasteiger partial charge in [0.15, 0.2) is 6.29 Å². The lowest BCUT2D eigenvalue weighted by atomic mass is 9.99. The van der Waals surface area contributed by atoms with Crippen LogP contribution in [0, 0.1) is 11.5 Å². The molecule has 0 radical (unpaired) electrons. The Labute approximate surface area is 109 Å². The van der Waals surface area contributed by atoms with Crippen LogP contribution in [-0.4, -0.2) is 19.2 Å². The normalized spacial score (nSPS) is 9.68. The van der Waals surface area contributed by atoms with E-state index in [1.54, 1.807) is 30.5 Å². The van der Waals surface area contributed by atoms with E-state index in [9.17, 15) is 9.59 Å². The van der Waals surface area contributed by atoms with E-state index in [2.05, 4.69) is 5.32 Å². The maximum Gasteiger partial charge on any atom is 0.292 e. The second kappa shape index (κ2) is 5.19. The minimum Gasteiger partial charge on any atom is -0.388 e. The molecule has 0 unspecified atom stereocenters. The van der Waals surface area contributed by atoms with Crippen molar-refractivity contribution in [1.29, 1.82) is 5.26 Å². The summed E-state index contributed by atoms with van der Waals surface area (Å²) < 4.78 is 4.73. The molecule has 1 N–H and O–H groups in total. The molecule has 2 rings (SSSR count). The molecule has 0 bridgehead atoms. The van der Waals surface area contributed by atoms with Crippen LogP contribution in [-0.2, 0) is 0 Å². The van der Waals surface area contributed by atoms with E-state index < -0.39 is 0 Å². The largest absolute Gasteiger partial charge is 0.388 e. The number of ether oxygens (including phenoxy) is 1. The molecule has 0 heterocycles. The quantitative estimate of drug-likeness (QED) is 0.669. The molecular weight excluding hydrogens is 244 g/mol. The zero-order chi connectivity index (χ0) is 13.8. The highest BCUT2D eigenvalue weighted by Gasteiger charge is 2.13. The Morgan fingerprint density at radius 2 is 2.21 bits per heavy atom. The number of rotatable bonds is 3. The molecule has 0 aromatic heterocycles. The van der Waals surface area contributed by atoms with Crippen molar-refractivity contribution in [3.05, 3.63) is 41.5 Å². The number of carbonyl (C=O) groups is 2. The maximum atomic E-state index is 11.8. The molecule has 5 heteroatoms. The number of carbonyl (C=O) groups excluding carboxylic acids is 2. The van der Waals surface area contributed by atoms with Gasteiger partial charge in [-0.15, -0.1) is 5.26 Å². The summed E-state index contributed by atoms with van der Waals surface area (Å²) in [7, 11) is 1.52. The number of amides is 1. The third-order valence-electron chi connectivity index (χ3n) is 2.74. The maximum absolute atomic E-state index is 11.8. The third-order valence-corrected chi connectivity index (χ3v) is 2.74. The fourth-order valence-corrected chi connectivity index (χ4v) is 1.96. The zero-order valence-electron chi connectivity index (χ0n) is 10.1. The second-order valence-electron chi connectivity index (χ2n) is 3.81. The van der Waals surface area contributed by atoms with Gasteiger partial charge in [-0.25, -0.2) is 0 Å².